The van der Waals surface area contributed by atoms with Crippen LogP contribution >= 0.6 is 0 Å². The molecule has 1 N–H and O–H groups in total. The topological polar surface area (TPSA) is 43.8 Å². The average Bonchev–Trinajstić information content (AvgIpc) is 3.25. The zero-order valence-corrected chi connectivity index (χ0v) is 21.1. The van der Waals surface area contributed by atoms with Gasteiger partial charge in [-0.3, -0.25) is 9.29 Å². The van der Waals surface area contributed by atoms with Crippen molar-refractivity contribution >= 4 is 5.97 Å². The van der Waals surface area contributed by atoms with Crippen LogP contribution in [0.15, 0.2) is 30.3 Å². The van der Waals surface area contributed by atoms with Crippen LogP contribution < -0.4 is 0 Å². The van der Waals surface area contributed by atoms with Crippen molar-refractivity contribution in [3.63, 3.8) is 0 Å². The lowest BCUT2D eigenvalue weighted by Crippen LogP contribution is -2.48. The molecule has 4 nitrogen and oxygen atoms in total. The maximum atomic E-state index is 15.6. The minimum Gasteiger partial charge on any atom is -0.478 e. The summed E-state index contributed by atoms with van der Waals surface area (Å²) in [5, 5.41) is 9.39. The first-order valence-electron chi connectivity index (χ1n) is 12.7. The van der Waals surface area contributed by atoms with Gasteiger partial charge in [-0.25, -0.2) is 22.4 Å². The number of hydrogen-bond donors (Lipinski definition) is 1. The monoisotopic (exact) mass is 524 g/mol. The molecule has 0 spiro atoms. The van der Waals surface area contributed by atoms with Gasteiger partial charge >= 0.3 is 5.97 Å². The highest BCUT2D eigenvalue weighted by Gasteiger charge is 2.40. The van der Waals surface area contributed by atoms with Gasteiger partial charge < -0.3 is 10.0 Å². The van der Waals surface area contributed by atoms with E-state index in [4.69, 9.17) is 0 Å². The number of alkyl halides is 3. The van der Waals surface area contributed by atoms with Crippen LogP contribution in [0.3, 0.4) is 0 Å². The highest BCUT2D eigenvalue weighted by atomic mass is 19.3. The molecule has 202 valence electrons. The van der Waals surface area contributed by atoms with E-state index in [0.29, 0.717) is 36.1 Å². The van der Waals surface area contributed by atoms with Crippen molar-refractivity contribution in [3.05, 3.63) is 69.8 Å². The van der Waals surface area contributed by atoms with Gasteiger partial charge in [0.05, 0.1) is 24.8 Å². The third-order valence-corrected chi connectivity index (χ3v) is 7.47. The lowest BCUT2D eigenvalue weighted by atomic mass is 9.83. The van der Waals surface area contributed by atoms with E-state index in [2.05, 4.69) is 4.90 Å². The Kier molecular flexibility index (Phi) is 8.23. The molecule has 37 heavy (non-hydrogen) atoms. The maximum absolute atomic E-state index is 15.6. The summed E-state index contributed by atoms with van der Waals surface area (Å²) in [6.45, 7) is 3.63. The number of carbonyl (C=O) groups is 1. The number of rotatable bonds is 9. The standard InChI is InChI=1S/C28H33F5N2O2/c1-17-10-21-14-20(27(36)37)4-5-22(21)26(35(17)16-28(2,32)33)25-23(30)12-19(13-24(25)31)11-18-6-9-34(15-18)8-3-7-29/h4-5,12-14,17-18,26H,3,6-11,15-16H2,1-2H3,(H,36,37)/t17-,18?,26+/m1/s1. The summed E-state index contributed by atoms with van der Waals surface area (Å²) < 4.78 is 72.1. The van der Waals surface area contributed by atoms with Gasteiger partial charge in [-0.05, 0) is 86.0 Å². The number of nitrogens with zero attached hydrogens (tertiary/aromatic N) is 2. The Morgan fingerprint density at radius 1 is 1.16 bits per heavy atom. The first-order chi connectivity index (χ1) is 17.5. The second kappa shape index (κ2) is 11.1. The van der Waals surface area contributed by atoms with Crippen LogP contribution in [0.4, 0.5) is 22.0 Å². The van der Waals surface area contributed by atoms with Gasteiger partial charge in [0.15, 0.2) is 0 Å². The summed E-state index contributed by atoms with van der Waals surface area (Å²) in [6, 6.07) is 5.23. The number of hydrogen-bond acceptors (Lipinski definition) is 3. The third kappa shape index (κ3) is 6.32. The smallest absolute Gasteiger partial charge is 0.335 e. The van der Waals surface area contributed by atoms with Crippen molar-refractivity contribution < 1.29 is 31.9 Å². The molecule has 1 fully saturated rings. The molecular formula is C28H33F5N2O2. The van der Waals surface area contributed by atoms with Crippen molar-refractivity contribution in [1.29, 1.82) is 0 Å². The second-order valence-electron chi connectivity index (χ2n) is 10.6. The van der Waals surface area contributed by atoms with Gasteiger partial charge in [0.1, 0.15) is 11.6 Å². The normalized spacial score (nSPS) is 22.8. The van der Waals surface area contributed by atoms with Crippen molar-refractivity contribution in [2.45, 2.75) is 57.5 Å². The van der Waals surface area contributed by atoms with E-state index in [-0.39, 0.29) is 30.1 Å². The zero-order chi connectivity index (χ0) is 26.9. The average molecular weight is 525 g/mol. The van der Waals surface area contributed by atoms with Gasteiger partial charge in [0, 0.05) is 31.6 Å². The highest BCUT2D eigenvalue weighted by Crippen LogP contribution is 2.42. The van der Waals surface area contributed by atoms with E-state index in [9.17, 15) is 23.1 Å². The van der Waals surface area contributed by atoms with Crippen molar-refractivity contribution in [2.24, 2.45) is 5.92 Å². The molecule has 2 aliphatic rings. The molecule has 0 amide bonds. The summed E-state index contributed by atoms with van der Waals surface area (Å²) >= 11 is 0. The van der Waals surface area contributed by atoms with Gasteiger partial charge in [-0.15, -0.1) is 0 Å². The fourth-order valence-corrected chi connectivity index (χ4v) is 5.86. The lowest BCUT2D eigenvalue weighted by Gasteiger charge is -2.43. The molecule has 1 unspecified atom stereocenters. The molecule has 2 aromatic rings. The molecule has 2 aromatic carbocycles. The summed E-state index contributed by atoms with van der Waals surface area (Å²) in [4.78, 5) is 15.0. The summed E-state index contributed by atoms with van der Waals surface area (Å²) in [6.07, 6.45) is 2.07. The molecule has 0 aromatic heterocycles. The van der Waals surface area contributed by atoms with Gasteiger partial charge in [-0.2, -0.15) is 0 Å². The van der Waals surface area contributed by atoms with Crippen LogP contribution in [0, 0.1) is 17.6 Å². The number of benzene rings is 2. The van der Waals surface area contributed by atoms with E-state index in [1.54, 1.807) is 6.92 Å². The third-order valence-electron chi connectivity index (χ3n) is 7.47. The highest BCUT2D eigenvalue weighted by molar-refractivity contribution is 5.88. The molecule has 0 bridgehead atoms. The minimum atomic E-state index is -3.10. The van der Waals surface area contributed by atoms with Crippen molar-refractivity contribution in [1.82, 2.24) is 9.80 Å². The molecule has 2 heterocycles. The maximum Gasteiger partial charge on any atom is 0.335 e. The first kappa shape index (κ1) is 27.5. The fraction of sp³-hybridized carbons (Fsp3) is 0.536. The Balaban J connectivity index is 1.68. The SMILES string of the molecule is C[C@@H]1Cc2cc(C(=O)O)ccc2[C@@H](c2c(F)cc(CC3CCN(CCCF)C3)cc2F)N1CC(C)(F)F. The van der Waals surface area contributed by atoms with E-state index >= 15 is 8.78 Å². The summed E-state index contributed by atoms with van der Waals surface area (Å²) in [5.74, 6) is -5.65. The zero-order valence-electron chi connectivity index (χ0n) is 21.1. The molecule has 0 aliphatic carbocycles. The molecule has 3 atom stereocenters. The quantitative estimate of drug-likeness (QED) is 0.417. The van der Waals surface area contributed by atoms with Gasteiger partial charge in [0.2, 0.25) is 0 Å². The fourth-order valence-electron chi connectivity index (χ4n) is 5.86. The van der Waals surface area contributed by atoms with Crippen LogP contribution in [0.25, 0.3) is 0 Å². The molecule has 0 saturated carbocycles. The van der Waals surface area contributed by atoms with Crippen LogP contribution in [-0.4, -0.2) is 65.7 Å². The minimum absolute atomic E-state index is 0.0346. The predicted octanol–water partition coefficient (Wildman–Crippen LogP) is 5.88. The Labute approximate surface area is 214 Å². The molecule has 9 heteroatoms. The first-order valence-corrected chi connectivity index (χ1v) is 12.7. The van der Waals surface area contributed by atoms with E-state index in [1.807, 2.05) is 0 Å². The number of aromatic carboxylic acids is 1. The summed E-state index contributed by atoms with van der Waals surface area (Å²) in [7, 11) is 0. The summed E-state index contributed by atoms with van der Waals surface area (Å²) in [5.41, 5.74) is 1.23. The molecule has 4 rings (SSSR count). The van der Waals surface area contributed by atoms with Crippen molar-refractivity contribution in [3.8, 4) is 0 Å². The van der Waals surface area contributed by atoms with Crippen LogP contribution in [0.5, 0.6) is 0 Å². The van der Waals surface area contributed by atoms with Crippen LogP contribution in [-0.2, 0) is 12.8 Å². The Hall–Kier alpha value is -2.52. The molecule has 1 saturated heterocycles. The second-order valence-corrected chi connectivity index (χ2v) is 10.6. The van der Waals surface area contributed by atoms with Crippen molar-refractivity contribution in [2.75, 3.05) is 32.9 Å². The Morgan fingerprint density at radius 3 is 2.49 bits per heavy atom. The van der Waals surface area contributed by atoms with E-state index < -0.39 is 42.2 Å². The van der Waals surface area contributed by atoms with E-state index in [0.717, 1.165) is 26.4 Å². The molecule has 2 aliphatic heterocycles. The number of halogens is 5. The van der Waals surface area contributed by atoms with E-state index in [1.165, 1.54) is 35.2 Å². The van der Waals surface area contributed by atoms with Gasteiger partial charge in [0.25, 0.3) is 5.92 Å². The van der Waals surface area contributed by atoms with Gasteiger partial charge in [-0.1, -0.05) is 6.07 Å². The lowest BCUT2D eigenvalue weighted by molar-refractivity contribution is -0.0371. The number of fused-ring (bicyclic) bond motifs is 1. The predicted molar refractivity (Wildman–Crippen MR) is 131 cm³/mol. The molecule has 0 radical (unpaired) electrons. The molecular weight excluding hydrogens is 491 g/mol. The van der Waals surface area contributed by atoms with Crippen LogP contribution in [0.2, 0.25) is 0 Å². The Morgan fingerprint density at radius 2 is 1.86 bits per heavy atom. The van der Waals surface area contributed by atoms with Crippen LogP contribution in [0.1, 0.15) is 65.3 Å². The number of carboxylic acid groups (broad SMARTS) is 1. The number of carboxylic acids is 1. The Bertz CT molecular complexity index is 1110. The largest absolute Gasteiger partial charge is 0.478 e. The number of likely N-dealkylation sites (tertiary alicyclic amines) is 1.